The minimum atomic E-state index is -1.39. The van der Waals surface area contributed by atoms with E-state index in [4.69, 9.17) is 23.3 Å². The monoisotopic (exact) mass is 544 g/mol. The summed E-state index contributed by atoms with van der Waals surface area (Å²) < 4.78 is 41.9. The molecule has 30 heavy (non-hydrogen) atoms. The van der Waals surface area contributed by atoms with E-state index in [1.165, 1.54) is 13.1 Å². The maximum absolute atomic E-state index is 7.50. The third kappa shape index (κ3) is 13.7. The Kier molecular flexibility index (Phi) is 33.7. The predicted molar refractivity (Wildman–Crippen MR) is 104 cm³/mol. The second-order valence-corrected chi connectivity index (χ2v) is 9.00. The molecule has 0 aliphatic carbocycles. The van der Waals surface area contributed by atoms with Crippen molar-refractivity contribution in [1.82, 2.24) is 0 Å². The van der Waals surface area contributed by atoms with Gasteiger partial charge in [-0.05, 0) is 0 Å². The molecule has 3 rings (SSSR count). The Bertz CT molecular complexity index is 716. The summed E-state index contributed by atoms with van der Waals surface area (Å²) in [5.41, 5.74) is 0. The fraction of sp³-hybridized carbons (Fsp3) is 0. The molecule has 0 spiro atoms. The van der Waals surface area contributed by atoms with Gasteiger partial charge in [0.15, 0.2) is 0 Å². The Morgan fingerprint density at radius 1 is 0.367 bits per heavy atom. The molecule has 0 heterocycles. The van der Waals surface area contributed by atoms with Gasteiger partial charge in [-0.15, -0.1) is 0 Å². The zero-order chi connectivity index (χ0) is 22.9. The molecule has 148 valence electrons. The van der Waals surface area contributed by atoms with Gasteiger partial charge in [0.05, 0.1) is 0 Å². The van der Waals surface area contributed by atoms with Gasteiger partial charge in [0.1, 0.15) is 0 Å². The van der Waals surface area contributed by atoms with Crippen molar-refractivity contribution in [3.63, 3.8) is 0 Å². The average Bonchev–Trinajstić information content (AvgIpc) is 2.88. The topological polar surface area (TPSA) is 99.5 Å². The quantitative estimate of drug-likeness (QED) is 0.275. The average molecular weight is 542 g/mol. The fourth-order valence-electron chi connectivity index (χ4n) is 2.18. The molecule has 0 saturated carbocycles. The summed E-state index contributed by atoms with van der Waals surface area (Å²) in [6.45, 7) is 22.5. The van der Waals surface area contributed by atoms with Crippen molar-refractivity contribution in [1.29, 1.82) is 0 Å². The third-order valence-electron chi connectivity index (χ3n) is 3.04. The second kappa shape index (κ2) is 28.8. The Labute approximate surface area is 195 Å². The third-order valence-corrected chi connectivity index (χ3v) is 8.17. The van der Waals surface area contributed by atoms with Gasteiger partial charge in [-0.3, -0.25) is 0 Å². The number of hydrogen-bond acceptors (Lipinski definition) is 0. The van der Waals surface area contributed by atoms with Crippen molar-refractivity contribution in [2.75, 3.05) is 0 Å². The van der Waals surface area contributed by atoms with E-state index in [0.29, 0.717) is 0 Å². The van der Waals surface area contributed by atoms with Crippen molar-refractivity contribution in [2.45, 2.75) is 0 Å². The van der Waals surface area contributed by atoms with Crippen LogP contribution in [0.15, 0.2) is 91.0 Å². The van der Waals surface area contributed by atoms with Crippen molar-refractivity contribution in [3.8, 4) is 0 Å². The summed E-state index contributed by atoms with van der Waals surface area (Å²) >= 11 is -1.39. The van der Waals surface area contributed by atoms with E-state index >= 15 is 0 Å². The zero-order valence-corrected chi connectivity index (χ0v) is 19.4. The van der Waals surface area contributed by atoms with Crippen LogP contribution >= 0.6 is 0 Å². The molecule has 0 fully saturated rings. The SMILES string of the molecule is [C-]#[O+].[C-]#[O+].[C-]#[O+].[C-]#[O+].[C-]#[O+].[Mo].c1ccc([As](c2ccccc2)c2ccccc2)cc1. The molecule has 5 nitrogen and oxygen atoms in total. The summed E-state index contributed by atoms with van der Waals surface area (Å²) in [4.78, 5) is 0. The minimum absolute atomic E-state index is 0. The molecule has 3 aromatic rings. The molecule has 0 amide bonds. The van der Waals surface area contributed by atoms with Crippen molar-refractivity contribution < 1.29 is 44.3 Å². The van der Waals surface area contributed by atoms with Crippen LogP contribution in [-0.4, -0.2) is 14.7 Å². The summed E-state index contributed by atoms with van der Waals surface area (Å²) in [5.74, 6) is 0. The normalized spacial score (nSPS) is 7.03. The van der Waals surface area contributed by atoms with E-state index in [-0.39, 0.29) is 21.1 Å². The summed E-state index contributed by atoms with van der Waals surface area (Å²) in [6, 6.07) is 32.7. The first-order valence-electron chi connectivity index (χ1n) is 7.42. The maximum atomic E-state index is 7.50. The van der Waals surface area contributed by atoms with Crippen molar-refractivity contribution >= 4 is 27.7 Å². The molecule has 0 aliphatic rings. The molecule has 0 aromatic heterocycles. The Morgan fingerprint density at radius 3 is 0.700 bits per heavy atom. The molecule has 0 aliphatic heterocycles. The van der Waals surface area contributed by atoms with Crippen LogP contribution < -0.4 is 13.1 Å². The zero-order valence-electron chi connectivity index (χ0n) is 15.6. The Balaban J connectivity index is -0.000000271. The van der Waals surface area contributed by atoms with Crippen LogP contribution in [0.3, 0.4) is 0 Å². The van der Waals surface area contributed by atoms with Gasteiger partial charge >= 0.3 is 175 Å². The number of rotatable bonds is 3. The van der Waals surface area contributed by atoms with E-state index in [9.17, 15) is 0 Å². The van der Waals surface area contributed by atoms with Gasteiger partial charge < -0.3 is 0 Å². The number of hydrogen-bond donors (Lipinski definition) is 0. The van der Waals surface area contributed by atoms with Gasteiger partial charge in [0.2, 0.25) is 0 Å². The van der Waals surface area contributed by atoms with E-state index in [1.807, 2.05) is 0 Å². The molecule has 0 unspecified atom stereocenters. The van der Waals surface area contributed by atoms with Gasteiger partial charge in [-0.25, -0.2) is 0 Å². The molecular formula is C23H15AsMoO5. The molecule has 0 radical (unpaired) electrons. The van der Waals surface area contributed by atoms with E-state index < -0.39 is 14.7 Å². The number of benzene rings is 3. The van der Waals surface area contributed by atoms with Gasteiger partial charge in [-0.2, -0.15) is 0 Å². The van der Waals surface area contributed by atoms with Gasteiger partial charge in [0.25, 0.3) is 0 Å². The van der Waals surface area contributed by atoms with Crippen molar-refractivity contribution in [3.05, 3.63) is 124 Å². The Hall–Kier alpha value is -2.39. The molecular weight excluding hydrogens is 527 g/mol. The molecule has 0 N–H and O–H groups in total. The molecule has 3 aromatic carbocycles. The first-order chi connectivity index (χ1) is 14.4. The fourth-order valence-corrected chi connectivity index (χ4v) is 7.02. The van der Waals surface area contributed by atoms with Crippen molar-refractivity contribution in [2.24, 2.45) is 0 Å². The summed E-state index contributed by atoms with van der Waals surface area (Å²) in [6.07, 6.45) is 0. The van der Waals surface area contributed by atoms with Crippen LogP contribution in [0, 0.1) is 33.3 Å². The Morgan fingerprint density at radius 2 is 0.533 bits per heavy atom. The molecule has 0 saturated heterocycles. The van der Waals surface area contributed by atoms with Crippen LogP contribution in [0.5, 0.6) is 0 Å². The first kappa shape index (κ1) is 35.1. The van der Waals surface area contributed by atoms with E-state index in [2.05, 4.69) is 124 Å². The van der Waals surface area contributed by atoms with Crippen LogP contribution in [0.1, 0.15) is 0 Å². The summed E-state index contributed by atoms with van der Waals surface area (Å²) in [7, 11) is 0. The second-order valence-electron chi connectivity index (χ2n) is 4.34. The van der Waals surface area contributed by atoms with E-state index in [1.54, 1.807) is 0 Å². The molecule has 7 heteroatoms. The standard InChI is InChI=1S/C18H15As.5CO.Mo/c1-4-10-16(11-5-1)19(17-12-6-2-7-13-17)18-14-8-3-9-15-18;5*1-2;/h1-15H;;;;;;. The van der Waals surface area contributed by atoms with Gasteiger partial charge in [-0.1, -0.05) is 0 Å². The van der Waals surface area contributed by atoms with Crippen LogP contribution in [-0.2, 0) is 44.3 Å². The first-order valence-corrected chi connectivity index (χ1v) is 10.2. The van der Waals surface area contributed by atoms with E-state index in [0.717, 1.165) is 0 Å². The van der Waals surface area contributed by atoms with Crippen LogP contribution in [0.25, 0.3) is 0 Å². The molecule has 0 bridgehead atoms. The van der Waals surface area contributed by atoms with Crippen LogP contribution in [0.4, 0.5) is 0 Å². The predicted octanol–water partition coefficient (Wildman–Crippen LogP) is 2.01. The van der Waals surface area contributed by atoms with Gasteiger partial charge in [0, 0.05) is 21.1 Å². The summed E-state index contributed by atoms with van der Waals surface area (Å²) in [5, 5.41) is 0. The molecule has 0 atom stereocenters. The van der Waals surface area contributed by atoms with Crippen LogP contribution in [0.2, 0.25) is 0 Å².